The van der Waals surface area contributed by atoms with E-state index in [1.54, 1.807) is 36.4 Å². The molecule has 0 bridgehead atoms. The van der Waals surface area contributed by atoms with Gasteiger partial charge in [-0.05, 0) is 61.4 Å². The van der Waals surface area contributed by atoms with Crippen LogP contribution in [0.15, 0.2) is 72.8 Å². The lowest BCUT2D eigenvalue weighted by atomic mass is 9.95. The van der Waals surface area contributed by atoms with Crippen LogP contribution in [0.25, 0.3) is 10.9 Å². The van der Waals surface area contributed by atoms with Crippen molar-refractivity contribution in [3.8, 4) is 5.75 Å². The van der Waals surface area contributed by atoms with Gasteiger partial charge in [0.1, 0.15) is 17.1 Å². The highest BCUT2D eigenvalue weighted by Gasteiger charge is 2.20. The van der Waals surface area contributed by atoms with Gasteiger partial charge in [-0.25, -0.2) is 14.2 Å². The Morgan fingerprint density at radius 2 is 1.73 bits per heavy atom. The minimum absolute atomic E-state index is 0.0674. The predicted molar refractivity (Wildman–Crippen MR) is 127 cm³/mol. The first-order valence-electron chi connectivity index (χ1n) is 10.8. The average Bonchev–Trinajstić information content (AvgIpc) is 2.83. The second-order valence-corrected chi connectivity index (χ2v) is 7.87. The Morgan fingerprint density at radius 1 is 1.03 bits per heavy atom. The average molecular weight is 445 g/mol. The van der Waals surface area contributed by atoms with Gasteiger partial charge >= 0.3 is 5.97 Å². The molecule has 6 heteroatoms. The Bertz CT molecular complexity index is 1270. The number of fused-ring (bicyclic) bond motifs is 1. The van der Waals surface area contributed by atoms with Gasteiger partial charge in [0.2, 0.25) is 0 Å². The first-order valence-corrected chi connectivity index (χ1v) is 10.8. The zero-order chi connectivity index (χ0) is 23.4. The van der Waals surface area contributed by atoms with Gasteiger partial charge in [-0.2, -0.15) is 0 Å². The number of pyridine rings is 1. The van der Waals surface area contributed by atoms with Crippen LogP contribution in [0.2, 0.25) is 0 Å². The zero-order valence-electron chi connectivity index (χ0n) is 18.5. The van der Waals surface area contributed by atoms with Gasteiger partial charge in [0, 0.05) is 22.3 Å². The molecule has 33 heavy (non-hydrogen) atoms. The number of aryl methyl sites for hydroxylation is 1. The van der Waals surface area contributed by atoms with E-state index in [2.05, 4.69) is 10.3 Å². The van der Waals surface area contributed by atoms with E-state index in [-0.39, 0.29) is 17.5 Å². The zero-order valence-corrected chi connectivity index (χ0v) is 18.5. The molecular weight excluding hydrogens is 419 g/mol. The van der Waals surface area contributed by atoms with Gasteiger partial charge in [-0.15, -0.1) is 0 Å². The molecule has 4 aromatic rings. The van der Waals surface area contributed by atoms with Gasteiger partial charge in [0.05, 0.1) is 18.2 Å². The van der Waals surface area contributed by atoms with E-state index >= 15 is 0 Å². The quantitative estimate of drug-likeness (QED) is 0.334. The van der Waals surface area contributed by atoms with E-state index in [4.69, 9.17) is 4.74 Å². The van der Waals surface area contributed by atoms with Crippen LogP contribution in [0.1, 0.15) is 46.6 Å². The second kappa shape index (κ2) is 9.69. The van der Waals surface area contributed by atoms with Crippen molar-refractivity contribution in [3.63, 3.8) is 0 Å². The number of rotatable bonds is 7. The number of hydrogen-bond acceptors (Lipinski definition) is 5. The molecule has 1 aromatic heterocycles. The number of esters is 1. The largest absolute Gasteiger partial charge is 0.505 e. The number of carbonyl (C=O) groups is 1. The highest BCUT2D eigenvalue weighted by molar-refractivity contribution is 5.90. The molecule has 0 aliphatic heterocycles. The number of nitrogens with zero attached hydrogens (tertiary/aromatic N) is 1. The molecule has 0 radical (unpaired) electrons. The fourth-order valence-electron chi connectivity index (χ4n) is 3.66. The summed E-state index contributed by atoms with van der Waals surface area (Å²) < 4.78 is 18.8. The number of carbonyl (C=O) groups excluding carboxylic acids is 1. The maximum atomic E-state index is 13.6. The lowest BCUT2D eigenvalue weighted by Gasteiger charge is -2.23. The fourth-order valence-corrected chi connectivity index (χ4v) is 3.66. The predicted octanol–water partition coefficient (Wildman–Crippen LogP) is 6.16. The van der Waals surface area contributed by atoms with Crippen LogP contribution in [-0.4, -0.2) is 22.7 Å². The van der Waals surface area contributed by atoms with Crippen LogP contribution in [0.3, 0.4) is 0 Å². The number of phenols is 1. The molecular formula is C27H25FN2O3. The molecule has 3 aromatic carbocycles. The first kappa shape index (κ1) is 22.3. The molecule has 4 rings (SSSR count). The highest BCUT2D eigenvalue weighted by Crippen LogP contribution is 2.36. The molecule has 0 saturated heterocycles. The standard InChI is InChI=1S/C27H25FN2O3/c1-3-16-33-27(32)20-8-13-22(14-9-20)30-24(18-6-11-21(28)12-7-18)23-15-10-19-5-4-17(2)29-25(19)26(23)31/h4-15,24,30-31H,3,16H2,1-2H3. The number of aromatic hydroxyl groups is 1. The summed E-state index contributed by atoms with van der Waals surface area (Å²) in [5.41, 5.74) is 3.87. The van der Waals surface area contributed by atoms with Crippen LogP contribution >= 0.6 is 0 Å². The Morgan fingerprint density at radius 3 is 2.42 bits per heavy atom. The van der Waals surface area contributed by atoms with Crippen LogP contribution < -0.4 is 5.32 Å². The molecule has 5 nitrogen and oxygen atoms in total. The molecule has 0 aliphatic rings. The Kier molecular flexibility index (Phi) is 6.54. The minimum atomic E-state index is -0.477. The number of ether oxygens (including phenoxy) is 1. The Labute approximate surface area is 191 Å². The van der Waals surface area contributed by atoms with Crippen molar-refractivity contribution in [3.05, 3.63) is 101 Å². The van der Waals surface area contributed by atoms with Crippen molar-refractivity contribution >= 4 is 22.6 Å². The van der Waals surface area contributed by atoms with Crippen molar-refractivity contribution in [2.45, 2.75) is 26.3 Å². The molecule has 0 spiro atoms. The summed E-state index contributed by atoms with van der Waals surface area (Å²) in [7, 11) is 0. The monoisotopic (exact) mass is 444 g/mol. The van der Waals surface area contributed by atoms with Crippen LogP contribution in [-0.2, 0) is 4.74 Å². The van der Waals surface area contributed by atoms with E-state index in [9.17, 15) is 14.3 Å². The summed E-state index contributed by atoms with van der Waals surface area (Å²) in [5, 5.41) is 15.3. The maximum Gasteiger partial charge on any atom is 0.338 e. The van der Waals surface area contributed by atoms with Crippen LogP contribution in [0.5, 0.6) is 5.75 Å². The summed E-state index contributed by atoms with van der Waals surface area (Å²) in [4.78, 5) is 16.6. The fraction of sp³-hybridized carbons (Fsp3) is 0.185. The van der Waals surface area contributed by atoms with E-state index in [0.717, 1.165) is 28.8 Å². The molecule has 1 heterocycles. The van der Waals surface area contributed by atoms with Gasteiger partial charge < -0.3 is 15.2 Å². The molecule has 1 unspecified atom stereocenters. The summed E-state index contributed by atoms with van der Waals surface area (Å²) in [6.45, 7) is 4.18. The van der Waals surface area contributed by atoms with E-state index in [1.807, 2.05) is 38.1 Å². The summed E-state index contributed by atoms with van der Waals surface area (Å²) in [6.07, 6.45) is 0.758. The number of anilines is 1. The lowest BCUT2D eigenvalue weighted by molar-refractivity contribution is 0.0505. The summed E-state index contributed by atoms with van der Waals surface area (Å²) >= 11 is 0. The van der Waals surface area contributed by atoms with E-state index in [1.165, 1.54) is 12.1 Å². The number of aromatic nitrogens is 1. The van der Waals surface area contributed by atoms with Gasteiger partial charge in [0.25, 0.3) is 0 Å². The van der Waals surface area contributed by atoms with Gasteiger partial charge in [-0.3, -0.25) is 0 Å². The van der Waals surface area contributed by atoms with Crippen molar-refractivity contribution in [2.75, 3.05) is 11.9 Å². The van der Waals surface area contributed by atoms with Crippen molar-refractivity contribution in [1.29, 1.82) is 0 Å². The molecule has 1 atom stereocenters. The van der Waals surface area contributed by atoms with E-state index < -0.39 is 6.04 Å². The first-order chi connectivity index (χ1) is 16.0. The molecule has 0 saturated carbocycles. The summed E-state index contributed by atoms with van der Waals surface area (Å²) in [6, 6.07) is 20.1. The second-order valence-electron chi connectivity index (χ2n) is 7.87. The molecule has 0 aliphatic carbocycles. The number of benzene rings is 3. The van der Waals surface area contributed by atoms with Crippen molar-refractivity contribution in [1.82, 2.24) is 4.98 Å². The third kappa shape index (κ3) is 4.95. The molecule has 2 N–H and O–H groups in total. The Balaban J connectivity index is 1.71. The van der Waals surface area contributed by atoms with Gasteiger partial charge in [-0.1, -0.05) is 37.3 Å². The summed E-state index contributed by atoms with van der Waals surface area (Å²) in [5.74, 6) is -0.641. The third-order valence-corrected chi connectivity index (χ3v) is 5.39. The lowest BCUT2D eigenvalue weighted by Crippen LogP contribution is -2.13. The van der Waals surface area contributed by atoms with E-state index in [0.29, 0.717) is 23.3 Å². The maximum absolute atomic E-state index is 13.6. The highest BCUT2D eigenvalue weighted by atomic mass is 19.1. The topological polar surface area (TPSA) is 71.5 Å². The van der Waals surface area contributed by atoms with Crippen LogP contribution in [0, 0.1) is 12.7 Å². The number of hydrogen-bond donors (Lipinski definition) is 2. The van der Waals surface area contributed by atoms with Crippen molar-refractivity contribution < 1.29 is 19.0 Å². The minimum Gasteiger partial charge on any atom is -0.505 e. The third-order valence-electron chi connectivity index (χ3n) is 5.39. The Hall–Kier alpha value is -3.93. The SMILES string of the molecule is CCCOC(=O)c1ccc(NC(c2ccc(F)cc2)c2ccc3ccc(C)nc3c2O)cc1. The van der Waals surface area contributed by atoms with Crippen LogP contribution in [0.4, 0.5) is 10.1 Å². The normalized spacial score (nSPS) is 11.8. The van der Waals surface area contributed by atoms with Crippen molar-refractivity contribution in [2.24, 2.45) is 0 Å². The number of nitrogens with one attached hydrogen (secondary N) is 1. The van der Waals surface area contributed by atoms with Gasteiger partial charge in [0.15, 0.2) is 0 Å². The molecule has 0 fully saturated rings. The smallest absolute Gasteiger partial charge is 0.338 e. The molecule has 168 valence electrons. The number of phenolic OH excluding ortho intramolecular Hbond substituents is 1. The number of halogens is 1. The molecule has 0 amide bonds.